The van der Waals surface area contributed by atoms with Crippen LogP contribution in [-0.2, 0) is 12.8 Å². The van der Waals surface area contributed by atoms with Gasteiger partial charge in [-0.15, -0.1) is 0 Å². The minimum absolute atomic E-state index is 0.745. The molecule has 4 heteroatoms. The molecule has 0 aliphatic carbocycles. The van der Waals surface area contributed by atoms with Gasteiger partial charge in [-0.05, 0) is 25.0 Å². The first-order chi connectivity index (χ1) is 10.7. The van der Waals surface area contributed by atoms with Gasteiger partial charge in [0, 0.05) is 12.8 Å². The molecule has 0 unspecified atom stereocenters. The fourth-order valence-electron chi connectivity index (χ4n) is 2.27. The number of rotatable bonds is 4. The Labute approximate surface area is 131 Å². The molecule has 0 spiro atoms. The third-order valence-electron chi connectivity index (χ3n) is 3.62. The highest BCUT2D eigenvalue weighted by Crippen LogP contribution is 2.07. The first kappa shape index (κ1) is 14.3. The van der Waals surface area contributed by atoms with E-state index in [0.717, 1.165) is 24.5 Å². The van der Waals surface area contributed by atoms with Gasteiger partial charge >= 0.3 is 0 Å². The van der Waals surface area contributed by atoms with Crippen molar-refractivity contribution >= 4 is 11.7 Å². The average molecular weight is 292 g/mol. The van der Waals surface area contributed by atoms with Gasteiger partial charge in [0.05, 0.1) is 0 Å². The van der Waals surface area contributed by atoms with Crippen LogP contribution in [0.15, 0.2) is 58.7 Å². The number of hydrazone groups is 2. The predicted molar refractivity (Wildman–Crippen MR) is 90.9 cm³/mol. The topological polar surface area (TPSA) is 48.8 Å². The first-order valence-electron chi connectivity index (χ1n) is 7.45. The van der Waals surface area contributed by atoms with Crippen molar-refractivity contribution in [1.82, 2.24) is 10.9 Å². The largest absolute Gasteiger partial charge is 0.261 e. The molecule has 1 aliphatic rings. The van der Waals surface area contributed by atoms with Crippen molar-refractivity contribution in [1.29, 1.82) is 0 Å². The highest BCUT2D eigenvalue weighted by Gasteiger charge is 2.09. The van der Waals surface area contributed by atoms with E-state index in [1.54, 1.807) is 0 Å². The third-order valence-corrected chi connectivity index (χ3v) is 3.62. The molecule has 0 radical (unpaired) electrons. The van der Waals surface area contributed by atoms with E-state index in [4.69, 9.17) is 0 Å². The molecule has 112 valence electrons. The highest BCUT2D eigenvalue weighted by molar-refractivity contribution is 5.92. The molecule has 4 nitrogen and oxygen atoms in total. The summed E-state index contributed by atoms with van der Waals surface area (Å²) in [6, 6.07) is 16.9. The van der Waals surface area contributed by atoms with Crippen LogP contribution < -0.4 is 10.9 Å². The molecule has 0 amide bonds. The predicted octanol–water partition coefficient (Wildman–Crippen LogP) is 2.91. The highest BCUT2D eigenvalue weighted by atomic mass is 15.5. The van der Waals surface area contributed by atoms with Crippen molar-refractivity contribution in [3.8, 4) is 0 Å². The van der Waals surface area contributed by atoms with Gasteiger partial charge in [-0.25, -0.2) is 0 Å². The summed E-state index contributed by atoms with van der Waals surface area (Å²) < 4.78 is 0. The second kappa shape index (κ2) is 6.43. The zero-order valence-electron chi connectivity index (χ0n) is 12.9. The van der Waals surface area contributed by atoms with Crippen molar-refractivity contribution < 1.29 is 0 Å². The molecule has 2 aromatic carbocycles. The second-order valence-corrected chi connectivity index (χ2v) is 5.67. The van der Waals surface area contributed by atoms with Crippen LogP contribution in [0.25, 0.3) is 0 Å². The van der Waals surface area contributed by atoms with E-state index >= 15 is 0 Å². The maximum Gasteiger partial charge on any atom is 0.147 e. The number of benzene rings is 2. The molecular formula is C18H20N4. The van der Waals surface area contributed by atoms with E-state index in [1.807, 2.05) is 0 Å². The number of hydrogen-bond donors (Lipinski definition) is 2. The number of amidine groups is 2. The molecule has 2 aromatic rings. The number of nitrogens with one attached hydrogen (secondary N) is 2. The van der Waals surface area contributed by atoms with E-state index in [1.165, 1.54) is 22.3 Å². The Morgan fingerprint density at radius 3 is 1.32 bits per heavy atom. The Balaban J connectivity index is 1.56. The van der Waals surface area contributed by atoms with Gasteiger partial charge in [0.2, 0.25) is 0 Å². The van der Waals surface area contributed by atoms with Crippen LogP contribution in [0.1, 0.15) is 22.3 Å². The Kier molecular flexibility index (Phi) is 4.19. The number of nitrogens with zero attached hydrogens (tertiary/aromatic N) is 2. The molecule has 0 bridgehead atoms. The molecule has 3 rings (SSSR count). The maximum atomic E-state index is 4.37. The Bertz CT molecular complexity index is 633. The normalized spacial score (nSPS) is 13.7. The zero-order valence-corrected chi connectivity index (χ0v) is 12.9. The summed E-state index contributed by atoms with van der Waals surface area (Å²) in [4.78, 5) is 0. The molecular weight excluding hydrogens is 272 g/mol. The van der Waals surface area contributed by atoms with Gasteiger partial charge in [-0.2, -0.15) is 10.2 Å². The van der Waals surface area contributed by atoms with Gasteiger partial charge in [0.15, 0.2) is 0 Å². The van der Waals surface area contributed by atoms with Gasteiger partial charge in [-0.3, -0.25) is 10.9 Å². The van der Waals surface area contributed by atoms with Gasteiger partial charge in [-0.1, -0.05) is 59.7 Å². The van der Waals surface area contributed by atoms with E-state index in [9.17, 15) is 0 Å². The Morgan fingerprint density at radius 2 is 1.00 bits per heavy atom. The van der Waals surface area contributed by atoms with Crippen molar-refractivity contribution in [2.45, 2.75) is 26.7 Å². The Morgan fingerprint density at radius 1 is 0.636 bits per heavy atom. The molecule has 0 aromatic heterocycles. The summed E-state index contributed by atoms with van der Waals surface area (Å²) in [6.07, 6.45) is 1.49. The summed E-state index contributed by atoms with van der Waals surface area (Å²) in [6.45, 7) is 4.17. The molecule has 0 fully saturated rings. The first-order valence-corrected chi connectivity index (χ1v) is 7.45. The molecule has 0 atom stereocenters. The summed E-state index contributed by atoms with van der Waals surface area (Å²) in [5.41, 5.74) is 11.0. The molecule has 1 aliphatic heterocycles. The van der Waals surface area contributed by atoms with Crippen LogP contribution in [0.5, 0.6) is 0 Å². The lowest BCUT2D eigenvalue weighted by molar-refractivity contribution is 0.843. The van der Waals surface area contributed by atoms with Crippen LogP contribution in [-0.4, -0.2) is 11.7 Å². The van der Waals surface area contributed by atoms with Crippen molar-refractivity contribution in [2.24, 2.45) is 10.2 Å². The summed E-state index contributed by atoms with van der Waals surface area (Å²) >= 11 is 0. The van der Waals surface area contributed by atoms with Crippen molar-refractivity contribution in [2.75, 3.05) is 0 Å². The van der Waals surface area contributed by atoms with Crippen LogP contribution in [0, 0.1) is 13.8 Å². The van der Waals surface area contributed by atoms with Crippen LogP contribution >= 0.6 is 0 Å². The molecule has 2 N–H and O–H groups in total. The van der Waals surface area contributed by atoms with Crippen LogP contribution in [0.4, 0.5) is 0 Å². The zero-order chi connectivity index (χ0) is 15.4. The molecule has 1 heterocycles. The third kappa shape index (κ3) is 3.73. The number of aryl methyl sites for hydroxylation is 2. The monoisotopic (exact) mass is 292 g/mol. The smallest absolute Gasteiger partial charge is 0.147 e. The van der Waals surface area contributed by atoms with Crippen molar-refractivity contribution in [3.05, 3.63) is 70.8 Å². The SMILES string of the molecule is Cc1ccc(CC2=NNC(Cc3ccc(C)cc3)=NN2)cc1. The Hall–Kier alpha value is -2.62. The average Bonchev–Trinajstić information content (AvgIpc) is 2.54. The minimum Gasteiger partial charge on any atom is -0.261 e. The van der Waals surface area contributed by atoms with Crippen LogP contribution in [0.3, 0.4) is 0 Å². The minimum atomic E-state index is 0.745. The second-order valence-electron chi connectivity index (χ2n) is 5.67. The van der Waals surface area contributed by atoms with E-state index < -0.39 is 0 Å². The molecule has 0 saturated carbocycles. The van der Waals surface area contributed by atoms with Crippen molar-refractivity contribution in [3.63, 3.8) is 0 Å². The van der Waals surface area contributed by atoms with Gasteiger partial charge in [0.1, 0.15) is 11.7 Å². The fourth-order valence-corrected chi connectivity index (χ4v) is 2.27. The van der Waals surface area contributed by atoms with Crippen LogP contribution in [0.2, 0.25) is 0 Å². The molecule has 0 saturated heterocycles. The van der Waals surface area contributed by atoms with E-state index in [2.05, 4.69) is 83.4 Å². The van der Waals surface area contributed by atoms with Gasteiger partial charge < -0.3 is 0 Å². The fraction of sp³-hybridized carbons (Fsp3) is 0.222. The maximum absolute atomic E-state index is 4.37. The van der Waals surface area contributed by atoms with Gasteiger partial charge in [0.25, 0.3) is 0 Å². The standard InChI is InChI=1S/C18H20N4/c1-13-3-7-15(8-4-13)11-17-19-21-18(22-20-17)12-16-9-5-14(2)6-10-16/h3-10H,11-12H2,1-2H3,(H,19,20)(H,21,22). The lowest BCUT2D eigenvalue weighted by atomic mass is 10.1. The molecule has 22 heavy (non-hydrogen) atoms. The van der Waals surface area contributed by atoms with E-state index in [-0.39, 0.29) is 0 Å². The number of hydrogen-bond acceptors (Lipinski definition) is 4. The lowest BCUT2D eigenvalue weighted by Gasteiger charge is -2.15. The van der Waals surface area contributed by atoms with E-state index in [0.29, 0.717) is 0 Å². The quantitative estimate of drug-likeness (QED) is 0.910. The summed E-state index contributed by atoms with van der Waals surface area (Å²) in [7, 11) is 0. The lowest BCUT2D eigenvalue weighted by Crippen LogP contribution is -2.35. The summed E-state index contributed by atoms with van der Waals surface area (Å²) in [5.74, 6) is 1.66. The summed E-state index contributed by atoms with van der Waals surface area (Å²) in [5, 5.41) is 8.73.